The summed E-state index contributed by atoms with van der Waals surface area (Å²) >= 11 is 0. The zero-order valence-electron chi connectivity index (χ0n) is 14.7. The second-order valence-electron chi connectivity index (χ2n) is 6.09. The maximum absolute atomic E-state index is 11.5. The molecule has 1 aliphatic heterocycles. The number of likely N-dealkylation sites (tertiary alicyclic amines) is 1. The van der Waals surface area contributed by atoms with Gasteiger partial charge in [0.05, 0.1) is 4.92 Å². The molecule has 25 heavy (non-hydrogen) atoms. The first-order chi connectivity index (χ1) is 12.0. The maximum Gasteiger partial charge on any atom is 0.274 e. The van der Waals surface area contributed by atoms with Crippen molar-refractivity contribution in [2.75, 3.05) is 27.2 Å². The van der Waals surface area contributed by atoms with Gasteiger partial charge < -0.3 is 15.5 Å². The van der Waals surface area contributed by atoms with Gasteiger partial charge in [-0.1, -0.05) is 18.2 Å². The van der Waals surface area contributed by atoms with Crippen molar-refractivity contribution >= 4 is 17.6 Å². The molecule has 2 rings (SSSR count). The van der Waals surface area contributed by atoms with Gasteiger partial charge >= 0.3 is 0 Å². The molecule has 0 aliphatic carbocycles. The van der Waals surface area contributed by atoms with Crippen LogP contribution in [0.4, 0.5) is 5.69 Å². The summed E-state index contributed by atoms with van der Waals surface area (Å²) in [5.41, 5.74) is 0.734. The van der Waals surface area contributed by atoms with E-state index in [9.17, 15) is 14.9 Å². The number of rotatable bonds is 5. The molecule has 1 fully saturated rings. The van der Waals surface area contributed by atoms with Crippen LogP contribution in [0.5, 0.6) is 0 Å². The van der Waals surface area contributed by atoms with E-state index >= 15 is 0 Å². The first kappa shape index (κ1) is 18.7. The summed E-state index contributed by atoms with van der Waals surface area (Å²) < 4.78 is 0. The molecule has 8 nitrogen and oxygen atoms in total. The van der Waals surface area contributed by atoms with E-state index in [1.165, 1.54) is 6.07 Å². The molecule has 0 aromatic heterocycles. The molecule has 1 aromatic rings. The Balaban J connectivity index is 1.90. The number of amides is 1. The van der Waals surface area contributed by atoms with Crippen molar-refractivity contribution in [3.63, 3.8) is 0 Å². The first-order valence-electron chi connectivity index (χ1n) is 8.43. The number of nitro groups is 1. The number of carbonyl (C=O) groups excluding carboxylic acids is 1. The van der Waals surface area contributed by atoms with E-state index in [-0.39, 0.29) is 16.5 Å². The summed E-state index contributed by atoms with van der Waals surface area (Å²) in [6.07, 6.45) is 2.42. The van der Waals surface area contributed by atoms with Gasteiger partial charge in [0.25, 0.3) is 5.69 Å². The first-order valence-corrected chi connectivity index (χ1v) is 8.43. The maximum atomic E-state index is 11.5. The van der Waals surface area contributed by atoms with Gasteiger partial charge in [0, 0.05) is 51.8 Å². The second-order valence-corrected chi connectivity index (χ2v) is 6.09. The predicted molar refractivity (Wildman–Crippen MR) is 96.3 cm³/mol. The van der Waals surface area contributed by atoms with Crippen molar-refractivity contribution in [2.45, 2.75) is 25.8 Å². The van der Waals surface area contributed by atoms with Crippen LogP contribution in [0, 0.1) is 16.0 Å². The lowest BCUT2D eigenvalue weighted by Gasteiger charge is -2.34. The van der Waals surface area contributed by atoms with E-state index in [1.807, 2.05) is 0 Å². The number of carbonyl (C=O) groups is 1. The number of guanidine groups is 1. The average Bonchev–Trinajstić information content (AvgIpc) is 2.63. The van der Waals surface area contributed by atoms with Crippen LogP contribution < -0.4 is 10.6 Å². The van der Waals surface area contributed by atoms with Crippen molar-refractivity contribution in [2.24, 2.45) is 10.9 Å². The third-order valence-corrected chi connectivity index (χ3v) is 4.50. The molecule has 0 saturated carbocycles. The van der Waals surface area contributed by atoms with Gasteiger partial charge in [-0.25, -0.2) is 0 Å². The van der Waals surface area contributed by atoms with E-state index in [4.69, 9.17) is 0 Å². The number of hydrogen-bond acceptors (Lipinski definition) is 4. The zero-order chi connectivity index (χ0) is 18.2. The normalized spacial score (nSPS) is 15.8. The Bertz CT molecular complexity index is 639. The third kappa shape index (κ3) is 5.17. The van der Waals surface area contributed by atoms with Gasteiger partial charge in [-0.05, 0) is 18.8 Å². The number of nitro benzene ring substituents is 1. The number of piperidine rings is 1. The molecule has 0 unspecified atom stereocenters. The number of para-hydroxylation sites is 1. The molecule has 0 spiro atoms. The SMILES string of the molecule is CN=C(NCc1ccccc1[N+](=O)[O-])N1CCC(CC(=O)NC)CC1. The van der Waals surface area contributed by atoms with Crippen molar-refractivity contribution in [3.05, 3.63) is 39.9 Å². The standard InChI is InChI=1S/C17H25N5O3/c1-18-16(23)11-13-7-9-21(10-8-13)17(19-2)20-12-14-5-3-4-6-15(14)22(24)25/h3-6,13H,7-12H2,1-2H3,(H,18,23)(H,19,20). The highest BCUT2D eigenvalue weighted by molar-refractivity contribution is 5.80. The minimum atomic E-state index is -0.371. The fourth-order valence-electron chi connectivity index (χ4n) is 3.06. The van der Waals surface area contributed by atoms with Crippen LogP contribution >= 0.6 is 0 Å². The number of benzene rings is 1. The lowest BCUT2D eigenvalue weighted by Crippen LogP contribution is -2.45. The van der Waals surface area contributed by atoms with E-state index in [0.29, 0.717) is 24.4 Å². The molecule has 1 aromatic carbocycles. The van der Waals surface area contributed by atoms with E-state index < -0.39 is 0 Å². The number of aliphatic imine (C=N–C) groups is 1. The molecule has 0 bridgehead atoms. The average molecular weight is 347 g/mol. The Morgan fingerprint density at radius 1 is 1.36 bits per heavy atom. The van der Waals surface area contributed by atoms with Crippen LogP contribution in [0.2, 0.25) is 0 Å². The Kier molecular flexibility index (Phi) is 6.73. The van der Waals surface area contributed by atoms with Gasteiger partial charge in [0.15, 0.2) is 5.96 Å². The highest BCUT2D eigenvalue weighted by Gasteiger charge is 2.23. The van der Waals surface area contributed by atoms with Crippen LogP contribution in [-0.4, -0.2) is 48.9 Å². The molecule has 136 valence electrons. The van der Waals surface area contributed by atoms with Crippen LogP contribution in [0.15, 0.2) is 29.3 Å². The third-order valence-electron chi connectivity index (χ3n) is 4.50. The van der Waals surface area contributed by atoms with Crippen molar-refractivity contribution < 1.29 is 9.72 Å². The zero-order valence-corrected chi connectivity index (χ0v) is 14.7. The minimum absolute atomic E-state index is 0.0809. The molecule has 1 heterocycles. The summed E-state index contributed by atoms with van der Waals surface area (Å²) in [7, 11) is 3.37. The highest BCUT2D eigenvalue weighted by atomic mass is 16.6. The van der Waals surface area contributed by atoms with Crippen LogP contribution in [0.25, 0.3) is 0 Å². The predicted octanol–water partition coefficient (Wildman–Crippen LogP) is 1.52. The number of nitrogens with one attached hydrogen (secondary N) is 2. The number of hydrogen-bond donors (Lipinski definition) is 2. The summed E-state index contributed by atoms with van der Waals surface area (Å²) in [4.78, 5) is 28.6. The van der Waals surface area contributed by atoms with Gasteiger partial charge in [0.1, 0.15) is 0 Å². The topological polar surface area (TPSA) is 99.9 Å². The van der Waals surface area contributed by atoms with Gasteiger partial charge in [-0.3, -0.25) is 19.9 Å². The van der Waals surface area contributed by atoms with Crippen molar-refractivity contribution in [1.29, 1.82) is 0 Å². The smallest absolute Gasteiger partial charge is 0.274 e. The minimum Gasteiger partial charge on any atom is -0.359 e. The Morgan fingerprint density at radius 2 is 2.04 bits per heavy atom. The molecule has 2 N–H and O–H groups in total. The summed E-state index contributed by atoms with van der Waals surface area (Å²) in [5, 5.41) is 17.0. The Labute approximate surface area is 147 Å². The van der Waals surface area contributed by atoms with E-state index in [1.54, 1.807) is 32.3 Å². The van der Waals surface area contributed by atoms with Crippen molar-refractivity contribution in [3.8, 4) is 0 Å². The molecule has 0 radical (unpaired) electrons. The summed E-state index contributed by atoms with van der Waals surface area (Å²) in [6, 6.07) is 6.70. The Morgan fingerprint density at radius 3 is 2.64 bits per heavy atom. The highest BCUT2D eigenvalue weighted by Crippen LogP contribution is 2.21. The summed E-state index contributed by atoms with van der Waals surface area (Å²) in [6.45, 7) is 1.98. The molecule has 1 saturated heterocycles. The Hall–Kier alpha value is -2.64. The molecule has 0 atom stereocenters. The molecular formula is C17H25N5O3. The second kappa shape index (κ2) is 9.00. The fraction of sp³-hybridized carbons (Fsp3) is 0.529. The fourth-order valence-corrected chi connectivity index (χ4v) is 3.06. The van der Waals surface area contributed by atoms with E-state index in [2.05, 4.69) is 20.5 Å². The van der Waals surface area contributed by atoms with E-state index in [0.717, 1.165) is 31.9 Å². The largest absolute Gasteiger partial charge is 0.359 e. The lowest BCUT2D eigenvalue weighted by atomic mass is 9.93. The van der Waals surface area contributed by atoms with Crippen molar-refractivity contribution in [1.82, 2.24) is 15.5 Å². The molecule has 1 amide bonds. The van der Waals surface area contributed by atoms with Gasteiger partial charge in [-0.2, -0.15) is 0 Å². The quantitative estimate of drug-likeness (QED) is 0.364. The van der Waals surface area contributed by atoms with Gasteiger partial charge in [0.2, 0.25) is 5.91 Å². The molecular weight excluding hydrogens is 322 g/mol. The lowest BCUT2D eigenvalue weighted by molar-refractivity contribution is -0.385. The monoisotopic (exact) mass is 347 g/mol. The molecule has 1 aliphatic rings. The molecule has 8 heteroatoms. The van der Waals surface area contributed by atoms with Crippen LogP contribution in [-0.2, 0) is 11.3 Å². The van der Waals surface area contributed by atoms with Crippen LogP contribution in [0.1, 0.15) is 24.8 Å². The summed E-state index contributed by atoms with van der Waals surface area (Å²) in [5.74, 6) is 1.21. The number of nitrogens with zero attached hydrogens (tertiary/aromatic N) is 3. The van der Waals surface area contributed by atoms with Crippen LogP contribution in [0.3, 0.4) is 0 Å². The van der Waals surface area contributed by atoms with Gasteiger partial charge in [-0.15, -0.1) is 0 Å².